The van der Waals surface area contributed by atoms with Gasteiger partial charge >= 0.3 is 12.0 Å². The van der Waals surface area contributed by atoms with Crippen LogP contribution in [-0.4, -0.2) is 54.7 Å². The van der Waals surface area contributed by atoms with Crippen molar-refractivity contribution >= 4 is 12.0 Å². The van der Waals surface area contributed by atoms with Gasteiger partial charge in [-0.25, -0.2) is 9.59 Å². The van der Waals surface area contributed by atoms with Crippen molar-refractivity contribution in [1.82, 2.24) is 15.5 Å². The molecule has 112 valence electrons. The highest BCUT2D eigenvalue weighted by molar-refractivity contribution is 5.82. The largest absolute Gasteiger partial charge is 0.480 e. The fraction of sp³-hybridized carbons (Fsp3) is 0.846. The van der Waals surface area contributed by atoms with Gasteiger partial charge in [-0.3, -0.25) is 0 Å². The SMILES string of the molecule is CC(C)C[C@H](NC(=O)NC(C)CCN(C)C)C(=O)O. The van der Waals surface area contributed by atoms with E-state index in [0.29, 0.717) is 6.42 Å². The lowest BCUT2D eigenvalue weighted by Crippen LogP contribution is -2.49. The first-order valence-electron chi connectivity index (χ1n) is 6.67. The molecule has 2 amide bonds. The molecule has 0 aromatic heterocycles. The lowest BCUT2D eigenvalue weighted by molar-refractivity contribution is -0.139. The summed E-state index contributed by atoms with van der Waals surface area (Å²) in [5, 5.41) is 14.3. The van der Waals surface area contributed by atoms with Gasteiger partial charge in [0.15, 0.2) is 0 Å². The Morgan fingerprint density at radius 1 is 1.16 bits per heavy atom. The molecule has 0 aromatic rings. The van der Waals surface area contributed by atoms with Gasteiger partial charge in [-0.15, -0.1) is 0 Å². The first kappa shape index (κ1) is 17.7. The van der Waals surface area contributed by atoms with Crippen molar-refractivity contribution in [3.05, 3.63) is 0 Å². The van der Waals surface area contributed by atoms with Crippen molar-refractivity contribution in [2.75, 3.05) is 20.6 Å². The third-order valence-corrected chi connectivity index (χ3v) is 2.70. The van der Waals surface area contributed by atoms with Crippen LogP contribution in [0, 0.1) is 5.92 Å². The van der Waals surface area contributed by atoms with Crippen LogP contribution in [0.4, 0.5) is 4.79 Å². The molecule has 19 heavy (non-hydrogen) atoms. The molecule has 3 N–H and O–H groups in total. The molecule has 0 aliphatic rings. The number of nitrogens with zero attached hydrogens (tertiary/aromatic N) is 1. The Kier molecular flexibility index (Phi) is 8.14. The van der Waals surface area contributed by atoms with Gasteiger partial charge in [-0.05, 0) is 46.3 Å². The van der Waals surface area contributed by atoms with Crippen molar-refractivity contribution in [2.45, 2.75) is 45.7 Å². The molecule has 0 radical (unpaired) electrons. The lowest BCUT2D eigenvalue weighted by atomic mass is 10.0. The minimum atomic E-state index is -0.996. The molecular weight excluding hydrogens is 246 g/mol. The highest BCUT2D eigenvalue weighted by Crippen LogP contribution is 2.05. The zero-order valence-corrected chi connectivity index (χ0v) is 12.6. The van der Waals surface area contributed by atoms with E-state index >= 15 is 0 Å². The summed E-state index contributed by atoms with van der Waals surface area (Å²) in [7, 11) is 3.94. The second-order valence-electron chi connectivity index (χ2n) is 5.63. The number of carboxylic acids is 1. The number of rotatable bonds is 8. The Morgan fingerprint density at radius 3 is 2.16 bits per heavy atom. The third kappa shape index (κ3) is 9.30. The van der Waals surface area contributed by atoms with Gasteiger partial charge in [-0.2, -0.15) is 0 Å². The van der Waals surface area contributed by atoms with Crippen LogP contribution in [0.25, 0.3) is 0 Å². The Hall–Kier alpha value is -1.30. The Labute approximate surface area is 115 Å². The zero-order chi connectivity index (χ0) is 15.0. The lowest BCUT2D eigenvalue weighted by Gasteiger charge is -2.20. The summed E-state index contributed by atoms with van der Waals surface area (Å²) in [6, 6.07) is -1.24. The number of carbonyl (C=O) groups excluding carboxylic acids is 1. The molecule has 0 rings (SSSR count). The monoisotopic (exact) mass is 273 g/mol. The minimum absolute atomic E-state index is 0.0101. The number of urea groups is 1. The molecular formula is C13H27N3O3. The van der Waals surface area contributed by atoms with E-state index in [9.17, 15) is 9.59 Å². The Morgan fingerprint density at radius 2 is 1.74 bits per heavy atom. The van der Waals surface area contributed by atoms with Crippen LogP contribution in [0.1, 0.15) is 33.6 Å². The van der Waals surface area contributed by atoms with E-state index in [4.69, 9.17) is 5.11 Å². The third-order valence-electron chi connectivity index (χ3n) is 2.70. The highest BCUT2D eigenvalue weighted by Gasteiger charge is 2.21. The number of nitrogens with one attached hydrogen (secondary N) is 2. The number of aliphatic carboxylic acids is 1. The van der Waals surface area contributed by atoms with Crippen molar-refractivity contribution in [3.8, 4) is 0 Å². The van der Waals surface area contributed by atoms with Gasteiger partial charge in [0, 0.05) is 6.04 Å². The molecule has 0 heterocycles. The van der Waals surface area contributed by atoms with Gasteiger partial charge in [-0.1, -0.05) is 13.8 Å². The first-order valence-corrected chi connectivity index (χ1v) is 6.67. The van der Waals surface area contributed by atoms with Gasteiger partial charge in [0.25, 0.3) is 0 Å². The first-order chi connectivity index (χ1) is 8.72. The normalized spacial score (nSPS) is 14.3. The van der Waals surface area contributed by atoms with Crippen molar-refractivity contribution < 1.29 is 14.7 Å². The second-order valence-corrected chi connectivity index (χ2v) is 5.63. The summed E-state index contributed by atoms with van der Waals surface area (Å²) in [6.07, 6.45) is 1.25. The van der Waals surface area contributed by atoms with Crippen LogP contribution >= 0.6 is 0 Å². The molecule has 0 aliphatic heterocycles. The number of hydrogen-bond acceptors (Lipinski definition) is 3. The summed E-state index contributed by atoms with van der Waals surface area (Å²) in [4.78, 5) is 24.8. The summed E-state index contributed by atoms with van der Waals surface area (Å²) in [6.45, 7) is 6.63. The molecule has 1 unspecified atom stereocenters. The van der Waals surface area contributed by atoms with Gasteiger partial charge < -0.3 is 20.6 Å². The molecule has 0 fully saturated rings. The quantitative estimate of drug-likeness (QED) is 0.619. The summed E-state index contributed by atoms with van der Waals surface area (Å²) in [5.41, 5.74) is 0. The summed E-state index contributed by atoms with van der Waals surface area (Å²) in [5.74, 6) is -0.780. The molecule has 0 bridgehead atoms. The number of hydrogen-bond donors (Lipinski definition) is 3. The smallest absolute Gasteiger partial charge is 0.326 e. The second kappa shape index (κ2) is 8.74. The molecule has 6 heteroatoms. The average Bonchev–Trinajstić information content (AvgIpc) is 2.24. The van der Waals surface area contributed by atoms with E-state index in [1.807, 2.05) is 39.8 Å². The predicted octanol–water partition coefficient (Wildman–Crippen LogP) is 1.13. The highest BCUT2D eigenvalue weighted by atomic mass is 16.4. The molecule has 0 aliphatic carbocycles. The predicted molar refractivity (Wildman–Crippen MR) is 75.2 cm³/mol. The van der Waals surface area contributed by atoms with Gasteiger partial charge in [0.05, 0.1) is 0 Å². The van der Waals surface area contributed by atoms with E-state index in [-0.39, 0.29) is 12.0 Å². The molecule has 2 atom stereocenters. The number of carboxylic acid groups (broad SMARTS) is 1. The Balaban J connectivity index is 4.15. The standard InChI is InChI=1S/C13H27N3O3/c1-9(2)8-11(12(17)18)15-13(19)14-10(3)6-7-16(4)5/h9-11H,6-8H2,1-5H3,(H,17,18)(H2,14,15,19)/t10?,11-/m0/s1. The van der Waals surface area contributed by atoms with Crippen molar-refractivity contribution in [1.29, 1.82) is 0 Å². The summed E-state index contributed by atoms with van der Waals surface area (Å²) >= 11 is 0. The van der Waals surface area contributed by atoms with E-state index in [1.54, 1.807) is 0 Å². The number of amides is 2. The van der Waals surface area contributed by atoms with Crippen LogP contribution in [0.15, 0.2) is 0 Å². The van der Waals surface area contributed by atoms with Crippen LogP contribution in [0.2, 0.25) is 0 Å². The molecule has 0 spiro atoms. The molecule has 0 saturated carbocycles. The maximum Gasteiger partial charge on any atom is 0.326 e. The average molecular weight is 273 g/mol. The van der Waals surface area contributed by atoms with Crippen molar-refractivity contribution in [2.24, 2.45) is 5.92 Å². The number of carbonyl (C=O) groups is 2. The molecule has 6 nitrogen and oxygen atoms in total. The Bertz CT molecular complexity index is 293. The van der Waals surface area contributed by atoms with E-state index in [0.717, 1.165) is 13.0 Å². The van der Waals surface area contributed by atoms with Crippen molar-refractivity contribution in [3.63, 3.8) is 0 Å². The molecule has 0 saturated heterocycles. The topological polar surface area (TPSA) is 81.7 Å². The maximum atomic E-state index is 11.7. The van der Waals surface area contributed by atoms with E-state index in [2.05, 4.69) is 10.6 Å². The zero-order valence-electron chi connectivity index (χ0n) is 12.6. The van der Waals surface area contributed by atoms with Crippen LogP contribution < -0.4 is 10.6 Å². The molecule has 0 aromatic carbocycles. The van der Waals surface area contributed by atoms with E-state index in [1.165, 1.54) is 0 Å². The maximum absolute atomic E-state index is 11.7. The summed E-state index contributed by atoms with van der Waals surface area (Å²) < 4.78 is 0. The fourth-order valence-electron chi connectivity index (χ4n) is 1.64. The van der Waals surface area contributed by atoms with E-state index < -0.39 is 18.0 Å². The van der Waals surface area contributed by atoms with Crippen LogP contribution in [0.3, 0.4) is 0 Å². The van der Waals surface area contributed by atoms with Gasteiger partial charge in [0.1, 0.15) is 6.04 Å². The van der Waals surface area contributed by atoms with Crippen LogP contribution in [0.5, 0.6) is 0 Å². The fourth-order valence-corrected chi connectivity index (χ4v) is 1.64. The van der Waals surface area contributed by atoms with Crippen LogP contribution in [-0.2, 0) is 4.79 Å². The minimum Gasteiger partial charge on any atom is -0.480 e. The van der Waals surface area contributed by atoms with Gasteiger partial charge in [0.2, 0.25) is 0 Å².